The molecule has 0 fully saturated rings. The predicted molar refractivity (Wildman–Crippen MR) is 73.9 cm³/mol. The minimum atomic E-state index is -0.831. The molecule has 0 saturated carbocycles. The van der Waals surface area contributed by atoms with Crippen molar-refractivity contribution in [3.05, 3.63) is 35.9 Å². The topological polar surface area (TPSA) is 66.4 Å². The number of benzene rings is 1. The van der Waals surface area contributed by atoms with Crippen molar-refractivity contribution in [1.29, 1.82) is 0 Å². The first-order chi connectivity index (χ1) is 9.11. The largest absolute Gasteiger partial charge is 0.481 e. The van der Waals surface area contributed by atoms with Gasteiger partial charge in [0.1, 0.15) is 0 Å². The van der Waals surface area contributed by atoms with Gasteiger partial charge in [-0.1, -0.05) is 37.3 Å². The summed E-state index contributed by atoms with van der Waals surface area (Å²) in [7, 11) is 0. The second-order valence-corrected chi connectivity index (χ2v) is 4.64. The van der Waals surface area contributed by atoms with Gasteiger partial charge in [-0.05, 0) is 24.8 Å². The van der Waals surface area contributed by atoms with Crippen molar-refractivity contribution in [2.75, 3.05) is 0 Å². The Morgan fingerprint density at radius 1 is 1.21 bits per heavy atom. The number of rotatable bonds is 8. The first kappa shape index (κ1) is 15.2. The molecule has 0 aliphatic rings. The number of hydrogen-bond acceptors (Lipinski definition) is 2. The van der Waals surface area contributed by atoms with Gasteiger partial charge in [0.25, 0.3) is 0 Å². The first-order valence-corrected chi connectivity index (χ1v) is 6.67. The van der Waals surface area contributed by atoms with E-state index < -0.39 is 5.97 Å². The molecule has 0 aliphatic heterocycles. The van der Waals surface area contributed by atoms with Crippen molar-refractivity contribution < 1.29 is 14.7 Å². The van der Waals surface area contributed by atoms with Crippen molar-refractivity contribution >= 4 is 11.9 Å². The second-order valence-electron chi connectivity index (χ2n) is 4.64. The van der Waals surface area contributed by atoms with Crippen LogP contribution in [0.5, 0.6) is 0 Å². The van der Waals surface area contributed by atoms with E-state index in [4.69, 9.17) is 5.11 Å². The lowest BCUT2D eigenvalue weighted by atomic mass is 10.0. The van der Waals surface area contributed by atoms with Crippen molar-refractivity contribution in [3.8, 4) is 0 Å². The summed E-state index contributed by atoms with van der Waals surface area (Å²) in [6.07, 6.45) is 2.48. The Labute approximate surface area is 113 Å². The Kier molecular flexibility index (Phi) is 6.64. The van der Waals surface area contributed by atoms with Crippen LogP contribution in [0.2, 0.25) is 0 Å². The lowest BCUT2D eigenvalue weighted by Gasteiger charge is -2.18. The molecule has 19 heavy (non-hydrogen) atoms. The number of carboxylic acid groups (broad SMARTS) is 1. The fourth-order valence-corrected chi connectivity index (χ4v) is 1.95. The van der Waals surface area contributed by atoms with Crippen LogP contribution in [0.3, 0.4) is 0 Å². The molecule has 1 aromatic rings. The number of aliphatic carboxylic acids is 1. The van der Waals surface area contributed by atoms with Crippen LogP contribution in [0.25, 0.3) is 0 Å². The molecule has 0 aliphatic carbocycles. The molecule has 0 heterocycles. The highest BCUT2D eigenvalue weighted by molar-refractivity contribution is 5.76. The van der Waals surface area contributed by atoms with Crippen molar-refractivity contribution in [3.63, 3.8) is 0 Å². The zero-order chi connectivity index (χ0) is 14.1. The maximum absolute atomic E-state index is 11.6. The molecule has 2 N–H and O–H groups in total. The predicted octanol–water partition coefficient (Wildman–Crippen LogP) is 2.38. The molecule has 0 saturated heterocycles. The molecule has 0 bridgehead atoms. The zero-order valence-electron chi connectivity index (χ0n) is 11.3. The van der Waals surface area contributed by atoms with Gasteiger partial charge in [-0.15, -0.1) is 0 Å². The van der Waals surface area contributed by atoms with E-state index in [1.54, 1.807) is 0 Å². The Balaban J connectivity index is 2.58. The molecule has 1 rings (SSSR count). The third-order valence-electron chi connectivity index (χ3n) is 2.87. The maximum atomic E-state index is 11.6. The van der Waals surface area contributed by atoms with E-state index >= 15 is 0 Å². The van der Waals surface area contributed by atoms with Crippen LogP contribution in [0.15, 0.2) is 30.3 Å². The quantitative estimate of drug-likeness (QED) is 0.756. The van der Waals surface area contributed by atoms with Gasteiger partial charge < -0.3 is 10.4 Å². The zero-order valence-corrected chi connectivity index (χ0v) is 11.3. The van der Waals surface area contributed by atoms with E-state index in [2.05, 4.69) is 5.32 Å². The monoisotopic (exact) mass is 263 g/mol. The van der Waals surface area contributed by atoms with E-state index in [-0.39, 0.29) is 18.4 Å². The number of carbonyl (C=O) groups is 2. The van der Waals surface area contributed by atoms with Crippen LogP contribution in [0, 0.1) is 0 Å². The summed E-state index contributed by atoms with van der Waals surface area (Å²) in [5, 5.41) is 11.7. The molecule has 1 atom stereocenters. The van der Waals surface area contributed by atoms with Crippen molar-refractivity contribution in [1.82, 2.24) is 5.32 Å². The van der Waals surface area contributed by atoms with Gasteiger partial charge in [0, 0.05) is 18.9 Å². The van der Waals surface area contributed by atoms with Gasteiger partial charge in [0.15, 0.2) is 0 Å². The summed E-state index contributed by atoms with van der Waals surface area (Å²) in [5.41, 5.74) is 1.11. The van der Waals surface area contributed by atoms with Gasteiger partial charge in [0.2, 0.25) is 5.91 Å². The number of carbonyl (C=O) groups excluding carboxylic acids is 1. The Morgan fingerprint density at radius 2 is 1.89 bits per heavy atom. The standard InChI is InChI=1S/C15H21NO3/c1-2-6-14(17)16-13(9-10-15(18)19)11-12-7-4-3-5-8-12/h3-5,7-8,13H,2,6,9-11H2,1H3,(H,16,17)(H,18,19). The van der Waals surface area contributed by atoms with Crippen molar-refractivity contribution in [2.24, 2.45) is 0 Å². The number of nitrogens with one attached hydrogen (secondary N) is 1. The fraction of sp³-hybridized carbons (Fsp3) is 0.467. The number of carboxylic acids is 1. The van der Waals surface area contributed by atoms with Gasteiger partial charge in [0.05, 0.1) is 0 Å². The van der Waals surface area contributed by atoms with E-state index in [1.165, 1.54) is 0 Å². The summed E-state index contributed by atoms with van der Waals surface area (Å²) < 4.78 is 0. The van der Waals surface area contributed by atoms with Gasteiger partial charge >= 0.3 is 5.97 Å². The summed E-state index contributed by atoms with van der Waals surface area (Å²) in [4.78, 5) is 22.3. The molecule has 1 aromatic carbocycles. The summed E-state index contributed by atoms with van der Waals surface area (Å²) in [6.45, 7) is 1.95. The Bertz CT molecular complexity index is 403. The summed E-state index contributed by atoms with van der Waals surface area (Å²) >= 11 is 0. The molecule has 1 unspecified atom stereocenters. The molecule has 0 spiro atoms. The molecular weight excluding hydrogens is 242 g/mol. The molecule has 1 amide bonds. The van der Waals surface area contributed by atoms with Crippen LogP contribution < -0.4 is 5.32 Å². The second kappa shape index (κ2) is 8.29. The van der Waals surface area contributed by atoms with Crippen LogP contribution >= 0.6 is 0 Å². The molecule has 104 valence electrons. The Morgan fingerprint density at radius 3 is 2.47 bits per heavy atom. The smallest absolute Gasteiger partial charge is 0.303 e. The lowest BCUT2D eigenvalue weighted by molar-refractivity contribution is -0.137. The highest BCUT2D eigenvalue weighted by atomic mass is 16.4. The molecule has 4 heteroatoms. The van der Waals surface area contributed by atoms with Crippen molar-refractivity contribution in [2.45, 2.75) is 45.1 Å². The van der Waals surface area contributed by atoms with Crippen LogP contribution in [-0.2, 0) is 16.0 Å². The SMILES string of the molecule is CCCC(=O)NC(CCC(=O)O)Cc1ccccc1. The van der Waals surface area contributed by atoms with E-state index in [1.807, 2.05) is 37.3 Å². The highest BCUT2D eigenvalue weighted by Gasteiger charge is 2.14. The van der Waals surface area contributed by atoms with Crippen LogP contribution in [0.1, 0.15) is 38.2 Å². The molecule has 4 nitrogen and oxygen atoms in total. The summed E-state index contributed by atoms with van der Waals surface area (Å²) in [5.74, 6) is -0.836. The first-order valence-electron chi connectivity index (χ1n) is 6.67. The maximum Gasteiger partial charge on any atom is 0.303 e. The third kappa shape index (κ3) is 6.60. The number of amides is 1. The fourth-order valence-electron chi connectivity index (χ4n) is 1.95. The minimum absolute atomic E-state index is 0.00572. The molecule has 0 aromatic heterocycles. The van der Waals surface area contributed by atoms with E-state index in [0.29, 0.717) is 19.3 Å². The highest BCUT2D eigenvalue weighted by Crippen LogP contribution is 2.08. The lowest BCUT2D eigenvalue weighted by Crippen LogP contribution is -2.36. The Hall–Kier alpha value is -1.84. The average Bonchev–Trinajstić information content (AvgIpc) is 2.37. The van der Waals surface area contributed by atoms with E-state index in [9.17, 15) is 9.59 Å². The normalized spacial score (nSPS) is 11.8. The molecule has 0 radical (unpaired) electrons. The average molecular weight is 263 g/mol. The van der Waals surface area contributed by atoms with Gasteiger partial charge in [-0.25, -0.2) is 0 Å². The van der Waals surface area contributed by atoms with Crippen LogP contribution in [0.4, 0.5) is 0 Å². The van der Waals surface area contributed by atoms with E-state index in [0.717, 1.165) is 12.0 Å². The minimum Gasteiger partial charge on any atom is -0.481 e. The number of hydrogen-bond donors (Lipinski definition) is 2. The van der Waals surface area contributed by atoms with Gasteiger partial charge in [-0.2, -0.15) is 0 Å². The third-order valence-corrected chi connectivity index (χ3v) is 2.87. The van der Waals surface area contributed by atoms with Gasteiger partial charge in [-0.3, -0.25) is 9.59 Å². The van der Waals surface area contributed by atoms with Crippen LogP contribution in [-0.4, -0.2) is 23.0 Å². The summed E-state index contributed by atoms with van der Waals surface area (Å²) in [6, 6.07) is 9.68. The molecular formula is C15H21NO3.